The van der Waals surface area contributed by atoms with Crippen molar-refractivity contribution < 1.29 is 19.6 Å². The van der Waals surface area contributed by atoms with E-state index in [4.69, 9.17) is 0 Å². The molecule has 0 aliphatic carbocycles. The van der Waals surface area contributed by atoms with Crippen LogP contribution in [0.4, 0.5) is 10.5 Å². The lowest BCUT2D eigenvalue weighted by Gasteiger charge is -2.19. The zero-order valence-corrected chi connectivity index (χ0v) is 13.7. The number of hydrogen-bond donors (Lipinski definition) is 4. The fraction of sp³-hybridized carbons (Fsp3) is 0.438. The first-order valence-electron chi connectivity index (χ1n) is 7.89. The van der Waals surface area contributed by atoms with Gasteiger partial charge in [-0.05, 0) is 18.6 Å². The Kier molecular flexibility index (Phi) is 8.91. The summed E-state index contributed by atoms with van der Waals surface area (Å²) in [6.45, 7) is 1.91. The first kappa shape index (κ1) is 19.4. The van der Waals surface area contributed by atoms with Crippen LogP contribution < -0.4 is 16.2 Å². The number of carbonyl (C=O) groups is 3. The lowest BCUT2D eigenvalue weighted by atomic mass is 10.0. The van der Waals surface area contributed by atoms with Gasteiger partial charge in [0.1, 0.15) is 0 Å². The Balaban J connectivity index is 2.47. The van der Waals surface area contributed by atoms with Crippen molar-refractivity contribution in [1.29, 1.82) is 0 Å². The average molecular weight is 336 g/mol. The molecule has 0 aromatic heterocycles. The minimum Gasteiger partial charge on any atom is -0.307 e. The van der Waals surface area contributed by atoms with Gasteiger partial charge in [0.15, 0.2) is 0 Å². The van der Waals surface area contributed by atoms with E-state index < -0.39 is 17.9 Å². The summed E-state index contributed by atoms with van der Waals surface area (Å²) in [6, 6.07) is 8.20. The zero-order chi connectivity index (χ0) is 17.8. The van der Waals surface area contributed by atoms with Crippen LogP contribution in [-0.4, -0.2) is 35.2 Å². The van der Waals surface area contributed by atoms with Crippen LogP contribution in [0.25, 0.3) is 0 Å². The van der Waals surface area contributed by atoms with Crippen molar-refractivity contribution in [2.75, 3.05) is 11.9 Å². The molecule has 132 valence electrons. The molecule has 1 aromatic rings. The number of hydroxylamine groups is 2. The van der Waals surface area contributed by atoms with Crippen LogP contribution in [-0.2, 0) is 9.59 Å². The van der Waals surface area contributed by atoms with Gasteiger partial charge in [0.2, 0.25) is 12.3 Å². The van der Waals surface area contributed by atoms with Gasteiger partial charge in [-0.3, -0.25) is 20.2 Å². The van der Waals surface area contributed by atoms with Gasteiger partial charge in [-0.15, -0.1) is 0 Å². The van der Waals surface area contributed by atoms with Crippen LogP contribution in [0.5, 0.6) is 0 Å². The van der Waals surface area contributed by atoms with Crippen LogP contribution in [0.2, 0.25) is 0 Å². The molecule has 0 aliphatic heterocycles. The van der Waals surface area contributed by atoms with Crippen molar-refractivity contribution in [2.45, 2.75) is 32.6 Å². The average Bonchev–Trinajstić information content (AvgIpc) is 2.59. The first-order valence-corrected chi connectivity index (χ1v) is 7.89. The Labute approximate surface area is 141 Å². The molecule has 8 heteroatoms. The molecule has 1 rings (SSSR count). The number of hydrogen-bond acceptors (Lipinski definition) is 4. The highest BCUT2D eigenvalue weighted by Crippen LogP contribution is 2.11. The molecule has 0 fully saturated rings. The van der Waals surface area contributed by atoms with E-state index in [1.165, 1.54) is 0 Å². The largest absolute Gasteiger partial charge is 0.337 e. The summed E-state index contributed by atoms with van der Waals surface area (Å²) in [4.78, 5) is 34.4. The number of para-hydroxylation sites is 1. The van der Waals surface area contributed by atoms with Crippen LogP contribution in [0, 0.1) is 5.92 Å². The summed E-state index contributed by atoms with van der Waals surface area (Å²) < 4.78 is 0. The van der Waals surface area contributed by atoms with Crippen molar-refractivity contribution in [1.82, 2.24) is 15.9 Å². The number of hydrazine groups is 1. The second-order valence-electron chi connectivity index (χ2n) is 5.35. The quantitative estimate of drug-likeness (QED) is 0.239. The monoisotopic (exact) mass is 336 g/mol. The number of urea groups is 1. The highest BCUT2D eigenvalue weighted by molar-refractivity contribution is 5.91. The van der Waals surface area contributed by atoms with E-state index in [0.717, 1.165) is 19.3 Å². The molecular weight excluding hydrogens is 312 g/mol. The van der Waals surface area contributed by atoms with Gasteiger partial charge in [-0.1, -0.05) is 44.4 Å². The van der Waals surface area contributed by atoms with Crippen LogP contribution in [0.3, 0.4) is 0 Å². The van der Waals surface area contributed by atoms with Gasteiger partial charge in [-0.2, -0.15) is 0 Å². The van der Waals surface area contributed by atoms with E-state index in [1.807, 2.05) is 13.0 Å². The van der Waals surface area contributed by atoms with Crippen LogP contribution >= 0.6 is 0 Å². The minimum atomic E-state index is -0.608. The predicted octanol–water partition coefficient (Wildman–Crippen LogP) is 1.88. The second-order valence-corrected chi connectivity index (χ2v) is 5.35. The van der Waals surface area contributed by atoms with Crippen molar-refractivity contribution in [3.63, 3.8) is 0 Å². The fourth-order valence-corrected chi connectivity index (χ4v) is 2.12. The molecule has 1 aromatic carbocycles. The predicted molar refractivity (Wildman–Crippen MR) is 88.9 cm³/mol. The van der Waals surface area contributed by atoms with E-state index >= 15 is 0 Å². The number of rotatable bonds is 9. The molecule has 0 radical (unpaired) electrons. The highest BCUT2D eigenvalue weighted by atomic mass is 16.5. The van der Waals surface area contributed by atoms with Crippen molar-refractivity contribution in [3.05, 3.63) is 30.3 Å². The summed E-state index contributed by atoms with van der Waals surface area (Å²) >= 11 is 0. The van der Waals surface area contributed by atoms with Gasteiger partial charge in [0.05, 0.1) is 12.5 Å². The maximum atomic E-state index is 12.1. The van der Waals surface area contributed by atoms with Crippen molar-refractivity contribution in [3.8, 4) is 0 Å². The number of carbonyl (C=O) groups excluding carboxylic acids is 3. The Morgan fingerprint density at radius 1 is 1.21 bits per heavy atom. The third kappa shape index (κ3) is 7.59. The van der Waals surface area contributed by atoms with Crippen molar-refractivity contribution >= 4 is 24.0 Å². The molecule has 0 heterocycles. The van der Waals surface area contributed by atoms with Gasteiger partial charge in [-0.25, -0.2) is 15.3 Å². The van der Waals surface area contributed by atoms with Gasteiger partial charge >= 0.3 is 6.03 Å². The van der Waals surface area contributed by atoms with Gasteiger partial charge in [0.25, 0.3) is 0 Å². The van der Waals surface area contributed by atoms with Crippen LogP contribution in [0.1, 0.15) is 32.6 Å². The third-order valence-corrected chi connectivity index (χ3v) is 3.39. The molecule has 0 saturated heterocycles. The second kappa shape index (κ2) is 11.0. The molecule has 4 amide bonds. The Hall–Kier alpha value is -2.61. The SMILES string of the molecule is CCCCCC(CN(O)C=O)C(=O)NNC(=O)Nc1ccccc1. The maximum Gasteiger partial charge on any atom is 0.337 e. The lowest BCUT2D eigenvalue weighted by Crippen LogP contribution is -2.48. The normalized spacial score (nSPS) is 11.2. The Morgan fingerprint density at radius 3 is 2.54 bits per heavy atom. The molecule has 8 nitrogen and oxygen atoms in total. The first-order chi connectivity index (χ1) is 11.6. The van der Waals surface area contributed by atoms with Gasteiger partial charge in [0, 0.05) is 5.69 Å². The van der Waals surface area contributed by atoms with E-state index in [2.05, 4.69) is 16.2 Å². The maximum absolute atomic E-state index is 12.1. The number of anilines is 1. The number of nitrogens with zero attached hydrogens (tertiary/aromatic N) is 1. The Morgan fingerprint density at radius 2 is 1.92 bits per heavy atom. The van der Waals surface area contributed by atoms with Crippen LogP contribution in [0.15, 0.2) is 30.3 Å². The Bertz CT molecular complexity index is 524. The number of nitrogens with one attached hydrogen (secondary N) is 3. The van der Waals surface area contributed by atoms with E-state index in [-0.39, 0.29) is 13.0 Å². The molecule has 4 N–H and O–H groups in total. The van der Waals surface area contributed by atoms with E-state index in [0.29, 0.717) is 17.2 Å². The number of amides is 4. The van der Waals surface area contributed by atoms with E-state index in [1.54, 1.807) is 24.3 Å². The minimum absolute atomic E-state index is 0.124. The summed E-state index contributed by atoms with van der Waals surface area (Å²) in [7, 11) is 0. The molecule has 1 atom stereocenters. The summed E-state index contributed by atoms with van der Waals surface area (Å²) in [5.74, 6) is -1.07. The summed E-state index contributed by atoms with van der Waals surface area (Å²) in [6.07, 6.45) is 3.47. The lowest BCUT2D eigenvalue weighted by molar-refractivity contribution is -0.154. The molecule has 1 unspecified atom stereocenters. The molecule has 0 spiro atoms. The summed E-state index contributed by atoms with van der Waals surface area (Å²) in [5.41, 5.74) is 5.15. The number of unbranched alkanes of at least 4 members (excludes halogenated alkanes) is 2. The smallest absolute Gasteiger partial charge is 0.307 e. The summed E-state index contributed by atoms with van der Waals surface area (Å²) in [5, 5.41) is 12.3. The standard InChI is InChI=1S/C16H24N4O4/c1-2-3-5-8-13(11-20(24)12-21)15(22)18-19-16(23)17-14-9-6-4-7-10-14/h4,6-7,9-10,12-13,24H,2-3,5,8,11H2,1H3,(H,18,22)(H2,17,19,23). The molecular formula is C16H24N4O4. The fourth-order valence-electron chi connectivity index (χ4n) is 2.12. The van der Waals surface area contributed by atoms with Gasteiger partial charge < -0.3 is 5.32 Å². The molecule has 0 bridgehead atoms. The molecule has 24 heavy (non-hydrogen) atoms. The third-order valence-electron chi connectivity index (χ3n) is 3.39. The zero-order valence-electron chi connectivity index (χ0n) is 13.7. The van der Waals surface area contributed by atoms with E-state index in [9.17, 15) is 19.6 Å². The number of benzene rings is 1. The topological polar surface area (TPSA) is 111 Å². The highest BCUT2D eigenvalue weighted by Gasteiger charge is 2.21. The van der Waals surface area contributed by atoms with Crippen molar-refractivity contribution in [2.24, 2.45) is 5.92 Å². The molecule has 0 saturated carbocycles. The molecule has 0 aliphatic rings.